The molecule has 1 aliphatic heterocycles. The highest BCUT2D eigenvalue weighted by atomic mass is 32.1. The Kier molecular flexibility index (Phi) is 7.77. The van der Waals surface area contributed by atoms with Crippen LogP contribution in [0.5, 0.6) is 11.5 Å². The molecule has 3 atom stereocenters. The van der Waals surface area contributed by atoms with Crippen molar-refractivity contribution in [3.8, 4) is 11.5 Å². The van der Waals surface area contributed by atoms with Crippen LogP contribution in [0.25, 0.3) is 0 Å². The van der Waals surface area contributed by atoms with E-state index in [-0.39, 0.29) is 34.4 Å². The lowest BCUT2D eigenvalue weighted by molar-refractivity contribution is -0.143. The van der Waals surface area contributed by atoms with Crippen molar-refractivity contribution in [3.63, 3.8) is 0 Å². The molecule has 5 nitrogen and oxygen atoms in total. The first-order chi connectivity index (χ1) is 17.8. The molecule has 0 bridgehead atoms. The SMILES string of the molecule is COc1ccc([C@@]23CC[C@@H](NC(=S)Nc4cc(C(F)(F)F)cc(C(F)(F)F)c4)C[C@@H]2N(C)CC3)cc1OC. The number of nitrogens with zero attached hydrogens (tertiary/aromatic N) is 1. The van der Waals surface area contributed by atoms with Gasteiger partial charge in [-0.15, -0.1) is 0 Å². The van der Waals surface area contributed by atoms with Gasteiger partial charge in [-0.1, -0.05) is 6.07 Å². The Hall–Kier alpha value is -2.73. The van der Waals surface area contributed by atoms with E-state index in [0.29, 0.717) is 30.1 Å². The first-order valence-corrected chi connectivity index (χ1v) is 12.5. The lowest BCUT2D eigenvalue weighted by Gasteiger charge is -2.45. The molecular formula is C26H29F6N3O2S. The summed E-state index contributed by atoms with van der Waals surface area (Å²) in [6.45, 7) is 0.888. The Labute approximate surface area is 222 Å². The number of likely N-dealkylation sites (N-methyl/N-ethyl adjacent to an activating group) is 1. The second-order valence-electron chi connectivity index (χ2n) is 9.84. The van der Waals surface area contributed by atoms with Crippen molar-refractivity contribution >= 4 is 23.0 Å². The number of nitrogens with one attached hydrogen (secondary N) is 2. The Bertz CT molecular complexity index is 1160. The maximum absolute atomic E-state index is 13.2. The molecule has 4 rings (SSSR count). The number of hydrogen-bond acceptors (Lipinski definition) is 4. The minimum Gasteiger partial charge on any atom is -0.493 e. The number of anilines is 1. The van der Waals surface area contributed by atoms with E-state index in [2.05, 4.69) is 21.6 Å². The van der Waals surface area contributed by atoms with Gasteiger partial charge in [-0.25, -0.2) is 0 Å². The van der Waals surface area contributed by atoms with Crippen LogP contribution in [0.2, 0.25) is 0 Å². The van der Waals surface area contributed by atoms with Gasteiger partial charge in [-0.3, -0.25) is 0 Å². The molecule has 0 aromatic heterocycles. The summed E-state index contributed by atoms with van der Waals surface area (Å²) < 4.78 is 90.2. The van der Waals surface area contributed by atoms with Gasteiger partial charge in [-0.2, -0.15) is 26.3 Å². The number of methoxy groups -OCH3 is 2. The molecule has 0 radical (unpaired) electrons. The van der Waals surface area contributed by atoms with Crippen LogP contribution in [0.1, 0.15) is 42.4 Å². The normalized spacial score (nSPS) is 24.0. The van der Waals surface area contributed by atoms with E-state index in [1.807, 2.05) is 19.2 Å². The van der Waals surface area contributed by atoms with Crippen molar-refractivity contribution in [2.24, 2.45) is 0 Å². The van der Waals surface area contributed by atoms with Gasteiger partial charge in [0.25, 0.3) is 0 Å². The third-order valence-corrected chi connectivity index (χ3v) is 7.89. The molecule has 0 unspecified atom stereocenters. The highest BCUT2D eigenvalue weighted by molar-refractivity contribution is 7.80. The topological polar surface area (TPSA) is 45.8 Å². The van der Waals surface area contributed by atoms with Crippen LogP contribution in [0.4, 0.5) is 32.0 Å². The number of hydrogen-bond donors (Lipinski definition) is 2. The zero-order valence-electron chi connectivity index (χ0n) is 21.1. The van der Waals surface area contributed by atoms with Crippen LogP contribution >= 0.6 is 12.2 Å². The molecule has 12 heteroatoms. The number of ether oxygens (including phenoxy) is 2. The van der Waals surface area contributed by atoms with Gasteiger partial charge in [-0.05, 0) is 87.4 Å². The highest BCUT2D eigenvalue weighted by Crippen LogP contribution is 2.50. The Morgan fingerprint density at radius 3 is 2.16 bits per heavy atom. The maximum atomic E-state index is 13.2. The predicted octanol–water partition coefficient (Wildman–Crippen LogP) is 6.22. The van der Waals surface area contributed by atoms with Gasteiger partial charge in [0.2, 0.25) is 0 Å². The lowest BCUT2D eigenvalue weighted by Crippen LogP contribution is -2.52. The summed E-state index contributed by atoms with van der Waals surface area (Å²) >= 11 is 5.29. The van der Waals surface area contributed by atoms with Crippen molar-refractivity contribution in [2.75, 3.05) is 33.1 Å². The number of benzene rings is 2. The summed E-state index contributed by atoms with van der Waals surface area (Å²) in [4.78, 5) is 2.28. The summed E-state index contributed by atoms with van der Waals surface area (Å²) in [5, 5.41) is 5.62. The van der Waals surface area contributed by atoms with Crippen LogP contribution in [-0.4, -0.2) is 49.9 Å². The third-order valence-electron chi connectivity index (χ3n) is 7.67. The van der Waals surface area contributed by atoms with Crippen molar-refractivity contribution in [3.05, 3.63) is 53.1 Å². The van der Waals surface area contributed by atoms with E-state index in [9.17, 15) is 26.3 Å². The van der Waals surface area contributed by atoms with Crippen LogP contribution in [0, 0.1) is 0 Å². The minimum atomic E-state index is -4.93. The van der Waals surface area contributed by atoms with Crippen molar-refractivity contribution in [1.82, 2.24) is 10.2 Å². The summed E-state index contributed by atoms with van der Waals surface area (Å²) in [5.74, 6) is 1.29. The molecule has 1 saturated heterocycles. The fourth-order valence-electron chi connectivity index (χ4n) is 5.77. The van der Waals surface area contributed by atoms with E-state index in [1.165, 1.54) is 0 Å². The number of likely N-dealkylation sites (tertiary alicyclic amines) is 1. The van der Waals surface area contributed by atoms with Crippen molar-refractivity contribution in [1.29, 1.82) is 0 Å². The molecule has 2 aliphatic rings. The smallest absolute Gasteiger partial charge is 0.416 e. The first-order valence-electron chi connectivity index (χ1n) is 12.1. The molecule has 0 amide bonds. The van der Waals surface area contributed by atoms with Gasteiger partial charge in [0, 0.05) is 23.2 Å². The summed E-state index contributed by atoms with van der Waals surface area (Å²) in [5.41, 5.74) is -2.15. The number of halogens is 6. The van der Waals surface area contributed by atoms with E-state index in [0.717, 1.165) is 31.4 Å². The number of thiocarbonyl (C=S) groups is 1. The molecule has 1 saturated carbocycles. The summed E-state index contributed by atoms with van der Waals surface area (Å²) in [7, 11) is 5.22. The van der Waals surface area contributed by atoms with Crippen molar-refractivity contribution < 1.29 is 35.8 Å². The van der Waals surface area contributed by atoms with E-state index >= 15 is 0 Å². The van der Waals surface area contributed by atoms with Crippen LogP contribution in [0.3, 0.4) is 0 Å². The first kappa shape index (κ1) is 28.3. The fraction of sp³-hybridized carbons (Fsp3) is 0.500. The van der Waals surface area contributed by atoms with Gasteiger partial charge in [0.05, 0.1) is 25.3 Å². The molecule has 1 aliphatic carbocycles. The van der Waals surface area contributed by atoms with Crippen LogP contribution < -0.4 is 20.1 Å². The second kappa shape index (κ2) is 10.4. The van der Waals surface area contributed by atoms with Crippen LogP contribution in [0.15, 0.2) is 36.4 Å². The molecule has 2 aromatic carbocycles. The number of alkyl halides is 6. The minimum absolute atomic E-state index is 0.0262. The monoisotopic (exact) mass is 561 g/mol. The molecular weight excluding hydrogens is 532 g/mol. The van der Waals surface area contributed by atoms with E-state index in [4.69, 9.17) is 21.7 Å². The maximum Gasteiger partial charge on any atom is 0.416 e. The number of rotatable bonds is 5. The standard InChI is InChI=1S/C26H29F6N3O2S/c1-35-9-8-24(15-4-5-20(36-2)21(13-15)37-3)7-6-18(14-22(24)35)33-23(38)34-19-11-16(25(27,28)29)10-17(12-19)26(30,31)32/h4-5,10-13,18,22H,6-9,14H2,1-3H3,(H2,33,34,38)/t18-,22+,24+/m1/s1. The van der Waals surface area contributed by atoms with E-state index < -0.39 is 23.5 Å². The van der Waals surface area contributed by atoms with E-state index in [1.54, 1.807) is 14.2 Å². The zero-order valence-corrected chi connectivity index (χ0v) is 21.9. The van der Waals surface area contributed by atoms with Gasteiger partial charge in [0.1, 0.15) is 0 Å². The number of fused-ring (bicyclic) bond motifs is 1. The largest absolute Gasteiger partial charge is 0.493 e. The average molecular weight is 562 g/mol. The molecule has 2 fully saturated rings. The Morgan fingerprint density at radius 2 is 1.58 bits per heavy atom. The molecule has 208 valence electrons. The molecule has 2 aromatic rings. The summed E-state index contributed by atoms with van der Waals surface area (Å²) in [6, 6.07) is 7.34. The quantitative estimate of drug-likeness (QED) is 0.334. The molecule has 38 heavy (non-hydrogen) atoms. The lowest BCUT2D eigenvalue weighted by atomic mass is 9.65. The second-order valence-corrected chi connectivity index (χ2v) is 10.2. The van der Waals surface area contributed by atoms with Gasteiger partial charge < -0.3 is 25.0 Å². The summed E-state index contributed by atoms with van der Waals surface area (Å²) in [6.07, 6.45) is -6.68. The molecule has 1 heterocycles. The molecule has 0 spiro atoms. The highest BCUT2D eigenvalue weighted by Gasteiger charge is 2.50. The Balaban J connectivity index is 1.50. The molecule has 2 N–H and O–H groups in total. The van der Waals surface area contributed by atoms with Gasteiger partial charge in [0.15, 0.2) is 16.6 Å². The average Bonchev–Trinajstić information content (AvgIpc) is 3.19. The predicted molar refractivity (Wildman–Crippen MR) is 136 cm³/mol. The van der Waals surface area contributed by atoms with Gasteiger partial charge >= 0.3 is 12.4 Å². The zero-order chi connectivity index (χ0) is 27.9. The Morgan fingerprint density at radius 1 is 0.947 bits per heavy atom. The fourth-order valence-corrected chi connectivity index (χ4v) is 6.06. The van der Waals surface area contributed by atoms with Crippen LogP contribution in [-0.2, 0) is 17.8 Å². The third kappa shape index (κ3) is 5.66. The van der Waals surface area contributed by atoms with Crippen molar-refractivity contribution in [2.45, 2.75) is 55.5 Å².